The lowest BCUT2D eigenvalue weighted by atomic mass is 10.4. The number of carboxylic acid groups (broad SMARTS) is 1. The van der Waals surface area contributed by atoms with Gasteiger partial charge in [-0.05, 0) is 36.4 Å². The van der Waals surface area contributed by atoms with Gasteiger partial charge in [0.25, 0.3) is 0 Å². The molecule has 1 aromatic heterocycles. The monoisotopic (exact) mass is 344 g/mol. The zero-order valence-corrected chi connectivity index (χ0v) is 12.3. The third-order valence-electron chi connectivity index (χ3n) is 2.22. The molecule has 0 spiro atoms. The summed E-state index contributed by atoms with van der Waals surface area (Å²) in [5.41, 5.74) is 0. The van der Waals surface area contributed by atoms with Crippen molar-refractivity contribution >= 4 is 44.0 Å². The smallest absolute Gasteiger partial charge is 0.345 e. The van der Waals surface area contributed by atoms with E-state index >= 15 is 0 Å². The van der Waals surface area contributed by atoms with Gasteiger partial charge < -0.3 is 5.11 Å². The first-order valence-corrected chi connectivity index (χ1v) is 7.95. The van der Waals surface area contributed by atoms with Crippen LogP contribution in [0.1, 0.15) is 14.5 Å². The van der Waals surface area contributed by atoms with Gasteiger partial charge in [0.1, 0.15) is 4.88 Å². The SMILES string of the molecule is O=C(O)c1ccc(CS(=O)c2ccc(Br)cc2)s1. The molecule has 3 nitrogen and oxygen atoms in total. The second-order valence-corrected chi connectivity index (χ2v) is 7.05. The van der Waals surface area contributed by atoms with Crippen molar-refractivity contribution < 1.29 is 14.1 Å². The Labute approximate surface area is 119 Å². The van der Waals surface area contributed by atoms with Crippen LogP contribution >= 0.6 is 27.3 Å². The lowest BCUT2D eigenvalue weighted by Gasteiger charge is -2.00. The normalized spacial score (nSPS) is 12.3. The number of benzene rings is 1. The molecule has 0 aliphatic rings. The predicted octanol–water partition coefficient (Wildman–Crippen LogP) is 3.52. The molecule has 18 heavy (non-hydrogen) atoms. The van der Waals surface area contributed by atoms with Gasteiger partial charge in [0.2, 0.25) is 0 Å². The van der Waals surface area contributed by atoms with Crippen molar-refractivity contribution in [1.82, 2.24) is 0 Å². The van der Waals surface area contributed by atoms with E-state index in [1.165, 1.54) is 11.3 Å². The molecule has 2 rings (SSSR count). The average Bonchev–Trinajstić information content (AvgIpc) is 2.78. The highest BCUT2D eigenvalue weighted by Gasteiger charge is 2.10. The first-order chi connectivity index (χ1) is 8.56. The molecule has 6 heteroatoms. The number of rotatable bonds is 4. The van der Waals surface area contributed by atoms with E-state index in [-0.39, 0.29) is 4.88 Å². The van der Waals surface area contributed by atoms with Crippen LogP contribution in [0.4, 0.5) is 0 Å². The molecule has 2 aromatic rings. The summed E-state index contributed by atoms with van der Waals surface area (Å²) in [5.74, 6) is -0.597. The predicted molar refractivity (Wildman–Crippen MR) is 75.5 cm³/mol. The maximum absolute atomic E-state index is 12.1. The number of carboxylic acids is 1. The quantitative estimate of drug-likeness (QED) is 0.923. The van der Waals surface area contributed by atoms with Crippen LogP contribution in [-0.4, -0.2) is 15.3 Å². The Kier molecular flexibility index (Phi) is 4.31. The molecule has 1 aromatic carbocycles. The Bertz CT molecular complexity index is 590. The van der Waals surface area contributed by atoms with Crippen LogP contribution < -0.4 is 0 Å². The van der Waals surface area contributed by atoms with Crippen LogP contribution in [0, 0.1) is 0 Å². The Morgan fingerprint density at radius 1 is 1.22 bits per heavy atom. The molecule has 0 saturated heterocycles. The van der Waals surface area contributed by atoms with Gasteiger partial charge in [-0.1, -0.05) is 15.9 Å². The number of hydrogen-bond acceptors (Lipinski definition) is 3. The largest absolute Gasteiger partial charge is 0.477 e. The zero-order chi connectivity index (χ0) is 13.1. The van der Waals surface area contributed by atoms with E-state index in [0.29, 0.717) is 5.75 Å². The van der Waals surface area contributed by atoms with E-state index in [0.717, 1.165) is 14.2 Å². The minimum absolute atomic E-state index is 0.276. The van der Waals surface area contributed by atoms with Crippen molar-refractivity contribution in [3.05, 3.63) is 50.6 Å². The van der Waals surface area contributed by atoms with Crippen molar-refractivity contribution in [2.75, 3.05) is 0 Å². The van der Waals surface area contributed by atoms with Crippen molar-refractivity contribution in [3.8, 4) is 0 Å². The molecule has 0 fully saturated rings. The zero-order valence-electron chi connectivity index (χ0n) is 9.13. The lowest BCUT2D eigenvalue weighted by Crippen LogP contribution is -1.94. The van der Waals surface area contributed by atoms with Gasteiger partial charge in [0.15, 0.2) is 0 Å². The van der Waals surface area contributed by atoms with E-state index in [9.17, 15) is 9.00 Å². The highest BCUT2D eigenvalue weighted by Crippen LogP contribution is 2.21. The van der Waals surface area contributed by atoms with Gasteiger partial charge in [-0.15, -0.1) is 11.3 Å². The number of aromatic carboxylic acids is 1. The van der Waals surface area contributed by atoms with Crippen molar-refractivity contribution in [2.45, 2.75) is 10.6 Å². The van der Waals surface area contributed by atoms with Crippen LogP contribution in [-0.2, 0) is 16.6 Å². The fourth-order valence-electron chi connectivity index (χ4n) is 1.37. The van der Waals surface area contributed by atoms with Crippen LogP contribution in [0.3, 0.4) is 0 Å². The van der Waals surface area contributed by atoms with Crippen molar-refractivity contribution in [2.24, 2.45) is 0 Å². The maximum Gasteiger partial charge on any atom is 0.345 e. The number of thiophene rings is 1. The maximum atomic E-state index is 12.1. The van der Waals surface area contributed by atoms with Crippen molar-refractivity contribution in [1.29, 1.82) is 0 Å². The van der Waals surface area contributed by atoms with Gasteiger partial charge in [0, 0.05) is 14.2 Å². The van der Waals surface area contributed by atoms with E-state index in [2.05, 4.69) is 15.9 Å². The molecule has 1 heterocycles. The van der Waals surface area contributed by atoms with E-state index in [1.54, 1.807) is 24.3 Å². The molecular weight excluding hydrogens is 336 g/mol. The topological polar surface area (TPSA) is 54.4 Å². The average molecular weight is 345 g/mol. The van der Waals surface area contributed by atoms with Gasteiger partial charge in [-0.25, -0.2) is 4.79 Å². The Morgan fingerprint density at radius 2 is 1.89 bits per heavy atom. The van der Waals surface area contributed by atoms with E-state index in [4.69, 9.17) is 5.11 Å². The van der Waals surface area contributed by atoms with E-state index in [1.807, 2.05) is 12.1 Å². The van der Waals surface area contributed by atoms with Crippen LogP contribution in [0.15, 0.2) is 45.8 Å². The molecule has 0 bridgehead atoms. The molecule has 0 saturated carbocycles. The van der Waals surface area contributed by atoms with Crippen molar-refractivity contribution in [3.63, 3.8) is 0 Å². The summed E-state index contributed by atoms with van der Waals surface area (Å²) in [5, 5.41) is 8.81. The Morgan fingerprint density at radius 3 is 2.44 bits per heavy atom. The summed E-state index contributed by atoms with van der Waals surface area (Å²) >= 11 is 4.48. The van der Waals surface area contributed by atoms with Gasteiger partial charge >= 0.3 is 5.97 Å². The van der Waals surface area contributed by atoms with Crippen LogP contribution in [0.2, 0.25) is 0 Å². The van der Waals surface area contributed by atoms with Gasteiger partial charge in [0.05, 0.1) is 16.6 Å². The summed E-state index contributed by atoms with van der Waals surface area (Å²) in [6, 6.07) is 10.5. The standard InChI is InChI=1S/C12H9BrO3S2/c13-8-1-4-10(5-2-8)18(16)7-9-3-6-11(17-9)12(14)15/h1-6H,7H2,(H,14,15). The fourth-order valence-corrected chi connectivity index (χ4v) is 3.79. The van der Waals surface area contributed by atoms with Crippen LogP contribution in [0.25, 0.3) is 0 Å². The highest BCUT2D eigenvalue weighted by atomic mass is 79.9. The van der Waals surface area contributed by atoms with E-state index < -0.39 is 16.8 Å². The molecule has 0 amide bonds. The minimum atomic E-state index is -1.15. The Hall–Kier alpha value is -0.980. The second kappa shape index (κ2) is 5.77. The summed E-state index contributed by atoms with van der Waals surface area (Å²) in [6.07, 6.45) is 0. The first kappa shape index (κ1) is 13.5. The molecule has 1 atom stereocenters. The molecule has 0 aliphatic heterocycles. The summed E-state index contributed by atoms with van der Waals surface area (Å²) in [7, 11) is -1.15. The molecule has 94 valence electrons. The van der Waals surface area contributed by atoms with Gasteiger partial charge in [-0.2, -0.15) is 0 Å². The first-order valence-electron chi connectivity index (χ1n) is 5.02. The summed E-state index contributed by atoms with van der Waals surface area (Å²) in [6.45, 7) is 0. The molecule has 1 N–H and O–H groups in total. The Balaban J connectivity index is 2.11. The number of carbonyl (C=O) groups is 1. The minimum Gasteiger partial charge on any atom is -0.477 e. The number of halogens is 1. The fraction of sp³-hybridized carbons (Fsp3) is 0.0833. The molecule has 1 unspecified atom stereocenters. The summed E-state index contributed by atoms with van der Waals surface area (Å²) in [4.78, 5) is 12.6. The third kappa shape index (κ3) is 3.28. The third-order valence-corrected chi connectivity index (χ3v) is 5.38. The molecular formula is C12H9BrO3S2. The van der Waals surface area contributed by atoms with Crippen LogP contribution in [0.5, 0.6) is 0 Å². The molecule has 0 radical (unpaired) electrons. The lowest BCUT2D eigenvalue weighted by molar-refractivity contribution is 0.0702. The number of hydrogen-bond donors (Lipinski definition) is 1. The highest BCUT2D eigenvalue weighted by molar-refractivity contribution is 9.10. The second-order valence-electron chi connectivity index (χ2n) is 3.51. The summed E-state index contributed by atoms with van der Waals surface area (Å²) < 4.78 is 13.0. The van der Waals surface area contributed by atoms with Gasteiger partial charge in [-0.3, -0.25) is 4.21 Å². The molecule has 0 aliphatic carbocycles.